The van der Waals surface area contributed by atoms with Crippen molar-refractivity contribution in [1.29, 1.82) is 0 Å². The standard InChI is InChI=1S/C12H17N3/c1-3-8-15-9(2)14-11(12(15)13)10-6-4-5-7-10/h1,10H,4-8,13H2,2H3. The van der Waals surface area contributed by atoms with E-state index in [-0.39, 0.29) is 0 Å². The van der Waals surface area contributed by atoms with E-state index in [0.717, 1.165) is 17.3 Å². The first-order chi connectivity index (χ1) is 7.24. The van der Waals surface area contributed by atoms with E-state index in [1.165, 1.54) is 25.7 Å². The summed E-state index contributed by atoms with van der Waals surface area (Å²) in [6.45, 7) is 2.49. The number of nitrogen functional groups attached to an aromatic ring is 1. The number of nitrogens with two attached hydrogens (primary N) is 1. The zero-order chi connectivity index (χ0) is 10.8. The lowest BCUT2D eigenvalue weighted by Crippen LogP contribution is -2.05. The maximum Gasteiger partial charge on any atom is 0.127 e. The van der Waals surface area contributed by atoms with Crippen LogP contribution in [0, 0.1) is 19.3 Å². The van der Waals surface area contributed by atoms with E-state index >= 15 is 0 Å². The fraction of sp³-hybridized carbons (Fsp3) is 0.583. The Kier molecular flexibility index (Phi) is 2.68. The highest BCUT2D eigenvalue weighted by atomic mass is 15.1. The van der Waals surface area contributed by atoms with Gasteiger partial charge in [-0.05, 0) is 19.8 Å². The van der Waals surface area contributed by atoms with Crippen LogP contribution >= 0.6 is 0 Å². The average molecular weight is 203 g/mol. The minimum absolute atomic E-state index is 0.525. The third-order valence-electron chi connectivity index (χ3n) is 3.22. The fourth-order valence-electron chi connectivity index (χ4n) is 2.40. The highest BCUT2D eigenvalue weighted by molar-refractivity contribution is 5.41. The van der Waals surface area contributed by atoms with Crippen LogP contribution in [0.1, 0.15) is 43.1 Å². The molecule has 3 heteroatoms. The van der Waals surface area contributed by atoms with Gasteiger partial charge in [-0.1, -0.05) is 18.8 Å². The van der Waals surface area contributed by atoms with E-state index in [1.807, 2.05) is 11.5 Å². The van der Waals surface area contributed by atoms with E-state index in [2.05, 4.69) is 10.9 Å². The predicted octanol–water partition coefficient (Wildman–Crippen LogP) is 2.06. The average Bonchev–Trinajstić information content (AvgIpc) is 2.81. The molecule has 0 amide bonds. The number of hydrogen-bond acceptors (Lipinski definition) is 2. The van der Waals surface area contributed by atoms with Crippen LogP contribution in [-0.4, -0.2) is 9.55 Å². The molecule has 0 atom stereocenters. The van der Waals surface area contributed by atoms with Crippen LogP contribution in [0.3, 0.4) is 0 Å². The second-order valence-electron chi connectivity index (χ2n) is 4.20. The highest BCUT2D eigenvalue weighted by Crippen LogP contribution is 2.36. The van der Waals surface area contributed by atoms with Gasteiger partial charge >= 0.3 is 0 Å². The van der Waals surface area contributed by atoms with Crippen LogP contribution in [-0.2, 0) is 6.54 Å². The second kappa shape index (κ2) is 3.98. The molecule has 1 heterocycles. The molecule has 1 aliphatic carbocycles. The van der Waals surface area contributed by atoms with Gasteiger partial charge in [0.2, 0.25) is 0 Å². The smallest absolute Gasteiger partial charge is 0.127 e. The van der Waals surface area contributed by atoms with Crippen LogP contribution < -0.4 is 5.73 Å². The molecule has 0 aromatic carbocycles. The van der Waals surface area contributed by atoms with Gasteiger partial charge in [-0.2, -0.15) is 0 Å². The molecule has 0 aliphatic heterocycles. The Hall–Kier alpha value is -1.43. The van der Waals surface area contributed by atoms with Crippen molar-refractivity contribution >= 4 is 5.82 Å². The quantitative estimate of drug-likeness (QED) is 0.748. The Labute approximate surface area is 90.7 Å². The molecule has 0 saturated heterocycles. The molecule has 0 radical (unpaired) electrons. The Morgan fingerprint density at radius 1 is 1.53 bits per heavy atom. The highest BCUT2D eigenvalue weighted by Gasteiger charge is 2.23. The number of imidazole rings is 1. The molecule has 1 fully saturated rings. The van der Waals surface area contributed by atoms with E-state index in [1.54, 1.807) is 0 Å². The second-order valence-corrected chi connectivity index (χ2v) is 4.20. The molecule has 80 valence electrons. The fourth-order valence-corrected chi connectivity index (χ4v) is 2.40. The van der Waals surface area contributed by atoms with Crippen LogP contribution in [0.5, 0.6) is 0 Å². The van der Waals surface area contributed by atoms with Crippen LogP contribution in [0.2, 0.25) is 0 Å². The minimum atomic E-state index is 0.525. The molecule has 3 nitrogen and oxygen atoms in total. The van der Waals surface area contributed by atoms with Crippen LogP contribution in [0.4, 0.5) is 5.82 Å². The van der Waals surface area contributed by atoms with Gasteiger partial charge in [-0.15, -0.1) is 6.42 Å². The van der Waals surface area contributed by atoms with Crippen molar-refractivity contribution in [3.63, 3.8) is 0 Å². The molecule has 15 heavy (non-hydrogen) atoms. The summed E-state index contributed by atoms with van der Waals surface area (Å²) in [5.41, 5.74) is 7.14. The lowest BCUT2D eigenvalue weighted by atomic mass is 10.0. The first-order valence-electron chi connectivity index (χ1n) is 5.50. The number of rotatable bonds is 2. The number of aromatic nitrogens is 2. The summed E-state index contributed by atoms with van der Waals surface area (Å²) in [4.78, 5) is 4.55. The molecule has 1 aromatic rings. The molecule has 0 unspecified atom stereocenters. The summed E-state index contributed by atoms with van der Waals surface area (Å²) < 4.78 is 1.92. The van der Waals surface area contributed by atoms with Crippen molar-refractivity contribution in [3.05, 3.63) is 11.5 Å². The summed E-state index contributed by atoms with van der Waals surface area (Å²) in [6.07, 6.45) is 10.3. The summed E-state index contributed by atoms with van der Waals surface area (Å²) in [5, 5.41) is 0. The predicted molar refractivity (Wildman–Crippen MR) is 61.4 cm³/mol. The molecule has 1 aliphatic rings. The van der Waals surface area contributed by atoms with Crippen molar-refractivity contribution in [2.24, 2.45) is 0 Å². The van der Waals surface area contributed by atoms with Gasteiger partial charge in [0.05, 0.1) is 12.2 Å². The third kappa shape index (κ3) is 1.72. The van der Waals surface area contributed by atoms with Gasteiger partial charge in [0, 0.05) is 5.92 Å². The monoisotopic (exact) mass is 203 g/mol. The Bertz CT molecular complexity index is 392. The van der Waals surface area contributed by atoms with Gasteiger partial charge in [-0.25, -0.2) is 4.98 Å². The van der Waals surface area contributed by atoms with Crippen molar-refractivity contribution in [2.45, 2.75) is 45.1 Å². The topological polar surface area (TPSA) is 43.8 Å². The molecular formula is C12H17N3. The first kappa shape index (κ1) is 10.1. The van der Waals surface area contributed by atoms with Gasteiger partial charge in [0.25, 0.3) is 0 Å². The molecule has 0 bridgehead atoms. The molecule has 0 spiro atoms. The zero-order valence-electron chi connectivity index (χ0n) is 9.16. The van der Waals surface area contributed by atoms with Crippen molar-refractivity contribution in [3.8, 4) is 12.3 Å². The lowest BCUT2D eigenvalue weighted by Gasteiger charge is -2.07. The van der Waals surface area contributed by atoms with Crippen LogP contribution in [0.15, 0.2) is 0 Å². The van der Waals surface area contributed by atoms with Crippen molar-refractivity contribution in [1.82, 2.24) is 9.55 Å². The molecule has 2 N–H and O–H groups in total. The van der Waals surface area contributed by atoms with E-state index in [4.69, 9.17) is 12.2 Å². The zero-order valence-corrected chi connectivity index (χ0v) is 9.16. The normalized spacial score (nSPS) is 16.8. The number of anilines is 1. The van der Waals surface area contributed by atoms with Crippen molar-refractivity contribution in [2.75, 3.05) is 5.73 Å². The maximum absolute atomic E-state index is 6.07. The SMILES string of the molecule is C#CCn1c(C)nc(C2CCCC2)c1N. The summed E-state index contributed by atoms with van der Waals surface area (Å²) in [5.74, 6) is 4.88. The maximum atomic E-state index is 6.07. The Balaban J connectivity index is 2.33. The van der Waals surface area contributed by atoms with Gasteiger partial charge in [0.1, 0.15) is 11.6 Å². The van der Waals surface area contributed by atoms with Gasteiger partial charge in [-0.3, -0.25) is 0 Å². The van der Waals surface area contributed by atoms with Gasteiger partial charge in [0.15, 0.2) is 0 Å². The first-order valence-corrected chi connectivity index (χ1v) is 5.50. The third-order valence-corrected chi connectivity index (χ3v) is 3.22. The minimum Gasteiger partial charge on any atom is -0.384 e. The summed E-state index contributed by atoms with van der Waals surface area (Å²) in [6, 6.07) is 0. The number of hydrogen-bond donors (Lipinski definition) is 1. The van der Waals surface area contributed by atoms with E-state index in [9.17, 15) is 0 Å². The summed E-state index contributed by atoms with van der Waals surface area (Å²) in [7, 11) is 0. The Morgan fingerprint density at radius 3 is 2.80 bits per heavy atom. The van der Waals surface area contributed by atoms with Crippen LogP contribution in [0.25, 0.3) is 0 Å². The molecule has 1 aromatic heterocycles. The molecule has 2 rings (SSSR count). The number of aryl methyl sites for hydroxylation is 1. The van der Waals surface area contributed by atoms with Gasteiger partial charge < -0.3 is 10.3 Å². The van der Waals surface area contributed by atoms with Crippen molar-refractivity contribution < 1.29 is 0 Å². The Morgan fingerprint density at radius 2 is 2.20 bits per heavy atom. The lowest BCUT2D eigenvalue weighted by molar-refractivity contribution is 0.703. The van der Waals surface area contributed by atoms with E-state index < -0.39 is 0 Å². The number of terminal acetylenes is 1. The largest absolute Gasteiger partial charge is 0.384 e. The van der Waals surface area contributed by atoms with E-state index in [0.29, 0.717) is 12.5 Å². The molecular weight excluding hydrogens is 186 g/mol. The molecule has 1 saturated carbocycles. The number of nitrogens with zero attached hydrogens (tertiary/aromatic N) is 2. The summed E-state index contributed by atoms with van der Waals surface area (Å²) >= 11 is 0.